The van der Waals surface area contributed by atoms with Gasteiger partial charge >= 0.3 is 6.03 Å². The summed E-state index contributed by atoms with van der Waals surface area (Å²) in [6.07, 6.45) is 4.76. The summed E-state index contributed by atoms with van der Waals surface area (Å²) in [7, 11) is 0. The Kier molecular flexibility index (Phi) is 4.47. The lowest BCUT2D eigenvalue weighted by Crippen LogP contribution is -2.52. The van der Waals surface area contributed by atoms with Crippen LogP contribution in [0.4, 0.5) is 4.79 Å². The number of nitrogens with zero attached hydrogens (tertiary/aromatic N) is 2. The molecule has 3 aliphatic rings. The first kappa shape index (κ1) is 15.6. The molecule has 24 heavy (non-hydrogen) atoms. The standard InChI is InChI=1S/C18H25N3O3/c22-18(19-15-3-1-2-4-15)21-9-7-20(8-10-21)12-14-5-6-16-17(11-14)24-13-23-16/h5-6,11,15H,1-4,7-10,12-13H2,(H,19,22). The van der Waals surface area contributed by atoms with Crippen LogP contribution in [-0.4, -0.2) is 54.8 Å². The zero-order valence-corrected chi connectivity index (χ0v) is 14.0. The molecular formula is C18H25N3O3. The number of fused-ring (bicyclic) bond motifs is 1. The van der Waals surface area contributed by atoms with Gasteiger partial charge in [-0.05, 0) is 30.5 Å². The molecule has 130 valence electrons. The molecule has 1 saturated heterocycles. The Labute approximate surface area is 142 Å². The molecule has 0 unspecified atom stereocenters. The highest BCUT2D eigenvalue weighted by Crippen LogP contribution is 2.32. The average molecular weight is 331 g/mol. The molecule has 1 aromatic rings. The van der Waals surface area contributed by atoms with Crippen molar-refractivity contribution >= 4 is 6.03 Å². The van der Waals surface area contributed by atoms with Gasteiger partial charge in [0.15, 0.2) is 11.5 Å². The van der Waals surface area contributed by atoms with E-state index in [9.17, 15) is 4.79 Å². The summed E-state index contributed by atoms with van der Waals surface area (Å²) in [6.45, 7) is 4.60. The fourth-order valence-corrected chi connectivity index (χ4v) is 3.74. The lowest BCUT2D eigenvalue weighted by atomic mass is 10.1. The second-order valence-electron chi connectivity index (χ2n) is 6.88. The van der Waals surface area contributed by atoms with Crippen LogP contribution in [0.2, 0.25) is 0 Å². The minimum absolute atomic E-state index is 0.115. The van der Waals surface area contributed by atoms with Crippen molar-refractivity contribution in [3.63, 3.8) is 0 Å². The summed E-state index contributed by atoms with van der Waals surface area (Å²) < 4.78 is 10.8. The summed E-state index contributed by atoms with van der Waals surface area (Å²) in [4.78, 5) is 16.7. The molecule has 2 heterocycles. The predicted octanol–water partition coefficient (Wildman–Crippen LogP) is 2.19. The van der Waals surface area contributed by atoms with Gasteiger partial charge < -0.3 is 19.7 Å². The lowest BCUT2D eigenvalue weighted by molar-refractivity contribution is 0.133. The van der Waals surface area contributed by atoms with Gasteiger partial charge in [-0.2, -0.15) is 0 Å². The van der Waals surface area contributed by atoms with Crippen LogP contribution >= 0.6 is 0 Å². The molecule has 0 bridgehead atoms. The average Bonchev–Trinajstić information content (AvgIpc) is 3.26. The van der Waals surface area contributed by atoms with Crippen LogP contribution in [0.25, 0.3) is 0 Å². The molecule has 2 fully saturated rings. The van der Waals surface area contributed by atoms with Crippen LogP contribution in [0, 0.1) is 0 Å². The molecule has 4 rings (SSSR count). The van der Waals surface area contributed by atoms with E-state index in [2.05, 4.69) is 22.3 Å². The van der Waals surface area contributed by atoms with E-state index < -0.39 is 0 Å². The molecule has 6 heteroatoms. The third-order valence-electron chi connectivity index (χ3n) is 5.19. The highest BCUT2D eigenvalue weighted by Gasteiger charge is 2.24. The lowest BCUT2D eigenvalue weighted by Gasteiger charge is -2.35. The van der Waals surface area contributed by atoms with Crippen LogP contribution in [0.5, 0.6) is 11.5 Å². The second-order valence-corrected chi connectivity index (χ2v) is 6.88. The van der Waals surface area contributed by atoms with Crippen molar-refractivity contribution < 1.29 is 14.3 Å². The Balaban J connectivity index is 1.26. The Bertz CT molecular complexity index is 593. The van der Waals surface area contributed by atoms with Crippen molar-refractivity contribution in [2.45, 2.75) is 38.3 Å². The number of amides is 2. The van der Waals surface area contributed by atoms with E-state index in [-0.39, 0.29) is 6.03 Å². The molecule has 0 radical (unpaired) electrons. The maximum Gasteiger partial charge on any atom is 0.317 e. The van der Waals surface area contributed by atoms with Gasteiger partial charge in [0.05, 0.1) is 0 Å². The molecule has 2 amide bonds. The topological polar surface area (TPSA) is 54.0 Å². The smallest absolute Gasteiger partial charge is 0.317 e. The normalized spacial score (nSPS) is 21.2. The second kappa shape index (κ2) is 6.89. The van der Waals surface area contributed by atoms with Gasteiger partial charge in [0.1, 0.15) is 0 Å². The number of hydrogen-bond donors (Lipinski definition) is 1. The first-order valence-corrected chi connectivity index (χ1v) is 8.94. The van der Waals surface area contributed by atoms with E-state index in [1.165, 1.54) is 18.4 Å². The molecule has 2 aliphatic heterocycles. The number of carbonyl (C=O) groups is 1. The van der Waals surface area contributed by atoms with E-state index in [0.29, 0.717) is 12.8 Å². The number of benzene rings is 1. The summed E-state index contributed by atoms with van der Waals surface area (Å²) in [5, 5.41) is 3.18. The van der Waals surface area contributed by atoms with Crippen molar-refractivity contribution in [1.82, 2.24) is 15.1 Å². The minimum Gasteiger partial charge on any atom is -0.454 e. The molecule has 1 aliphatic carbocycles. The van der Waals surface area contributed by atoms with Crippen molar-refractivity contribution in [2.75, 3.05) is 33.0 Å². The highest BCUT2D eigenvalue weighted by atomic mass is 16.7. The zero-order valence-electron chi connectivity index (χ0n) is 14.0. The monoisotopic (exact) mass is 331 g/mol. The first-order valence-electron chi connectivity index (χ1n) is 8.94. The Morgan fingerprint density at radius 1 is 1.08 bits per heavy atom. The van der Waals surface area contributed by atoms with Crippen molar-refractivity contribution in [3.05, 3.63) is 23.8 Å². The SMILES string of the molecule is O=C(NC1CCCC1)N1CCN(Cc2ccc3c(c2)OCO3)CC1. The first-order chi connectivity index (χ1) is 11.8. The van der Waals surface area contributed by atoms with Crippen LogP contribution < -0.4 is 14.8 Å². The van der Waals surface area contributed by atoms with E-state index in [0.717, 1.165) is 57.1 Å². The van der Waals surface area contributed by atoms with Gasteiger partial charge in [0.2, 0.25) is 6.79 Å². The van der Waals surface area contributed by atoms with Crippen LogP contribution in [-0.2, 0) is 6.54 Å². The number of piperazine rings is 1. The van der Waals surface area contributed by atoms with Crippen LogP contribution in [0.1, 0.15) is 31.2 Å². The molecule has 1 aromatic carbocycles. The minimum atomic E-state index is 0.115. The van der Waals surface area contributed by atoms with Gasteiger partial charge in [0, 0.05) is 38.8 Å². The van der Waals surface area contributed by atoms with Gasteiger partial charge in [-0.1, -0.05) is 18.9 Å². The number of rotatable bonds is 3. The fourth-order valence-electron chi connectivity index (χ4n) is 3.74. The van der Waals surface area contributed by atoms with E-state index >= 15 is 0 Å². The predicted molar refractivity (Wildman–Crippen MR) is 90.2 cm³/mol. The number of urea groups is 1. The molecule has 6 nitrogen and oxygen atoms in total. The zero-order chi connectivity index (χ0) is 16.4. The Hall–Kier alpha value is -1.95. The number of carbonyl (C=O) groups excluding carboxylic acids is 1. The summed E-state index contributed by atoms with van der Waals surface area (Å²) in [6, 6.07) is 6.63. The number of hydrogen-bond acceptors (Lipinski definition) is 4. The quantitative estimate of drug-likeness (QED) is 0.922. The van der Waals surface area contributed by atoms with Crippen molar-refractivity contribution in [2.24, 2.45) is 0 Å². The van der Waals surface area contributed by atoms with Crippen LogP contribution in [0.15, 0.2) is 18.2 Å². The molecule has 0 aromatic heterocycles. The van der Waals surface area contributed by atoms with Gasteiger partial charge in [-0.15, -0.1) is 0 Å². The molecule has 0 atom stereocenters. The highest BCUT2D eigenvalue weighted by molar-refractivity contribution is 5.74. The third-order valence-corrected chi connectivity index (χ3v) is 5.19. The summed E-state index contributed by atoms with van der Waals surface area (Å²) >= 11 is 0. The van der Waals surface area contributed by atoms with Crippen LogP contribution in [0.3, 0.4) is 0 Å². The third kappa shape index (κ3) is 3.43. The molecular weight excluding hydrogens is 306 g/mol. The van der Waals surface area contributed by atoms with Gasteiger partial charge in [0.25, 0.3) is 0 Å². The molecule has 1 N–H and O–H groups in total. The largest absolute Gasteiger partial charge is 0.454 e. The number of ether oxygens (including phenoxy) is 2. The molecule has 1 saturated carbocycles. The number of nitrogens with one attached hydrogen (secondary N) is 1. The Morgan fingerprint density at radius 3 is 2.62 bits per heavy atom. The van der Waals surface area contributed by atoms with E-state index in [4.69, 9.17) is 9.47 Å². The molecule has 0 spiro atoms. The maximum atomic E-state index is 12.3. The van der Waals surface area contributed by atoms with Gasteiger partial charge in [-0.25, -0.2) is 4.79 Å². The van der Waals surface area contributed by atoms with Crippen molar-refractivity contribution in [3.8, 4) is 11.5 Å². The van der Waals surface area contributed by atoms with Gasteiger partial charge in [-0.3, -0.25) is 4.90 Å². The van der Waals surface area contributed by atoms with E-state index in [1.807, 2.05) is 11.0 Å². The van der Waals surface area contributed by atoms with Crippen molar-refractivity contribution in [1.29, 1.82) is 0 Å². The Morgan fingerprint density at radius 2 is 1.83 bits per heavy atom. The summed E-state index contributed by atoms with van der Waals surface area (Å²) in [5.74, 6) is 1.66. The summed E-state index contributed by atoms with van der Waals surface area (Å²) in [5.41, 5.74) is 1.23. The van der Waals surface area contributed by atoms with E-state index in [1.54, 1.807) is 0 Å². The fraction of sp³-hybridized carbons (Fsp3) is 0.611. The maximum absolute atomic E-state index is 12.3.